The summed E-state index contributed by atoms with van der Waals surface area (Å²) in [7, 11) is 1.87. The molecule has 1 amide bonds. The largest absolute Gasteiger partial charge is 0.459 e. The Bertz CT molecular complexity index is 1780. The first-order valence-corrected chi connectivity index (χ1v) is 14.4. The SMILES string of the molecule is CC(C)N(C)C(=O)CN(Cc1ccccc1)C(c1cc2ccccc2o1)c1cc2ccccc2nc1-c1ccccc1. The van der Waals surface area contributed by atoms with E-state index in [4.69, 9.17) is 9.40 Å². The maximum absolute atomic E-state index is 13.7. The molecule has 0 aliphatic rings. The maximum atomic E-state index is 13.7. The Labute approximate surface area is 247 Å². The fourth-order valence-corrected chi connectivity index (χ4v) is 5.46. The molecule has 5 heteroatoms. The molecule has 2 heterocycles. The third kappa shape index (κ3) is 5.69. The quantitative estimate of drug-likeness (QED) is 0.181. The van der Waals surface area contributed by atoms with Crippen molar-refractivity contribution in [1.82, 2.24) is 14.8 Å². The van der Waals surface area contributed by atoms with E-state index in [1.165, 1.54) is 0 Å². The van der Waals surface area contributed by atoms with Crippen LogP contribution in [0.25, 0.3) is 33.1 Å². The van der Waals surface area contributed by atoms with Crippen LogP contribution in [0.3, 0.4) is 0 Å². The monoisotopic (exact) mass is 553 g/mol. The van der Waals surface area contributed by atoms with Gasteiger partial charge in [-0.3, -0.25) is 9.69 Å². The lowest BCUT2D eigenvalue weighted by Gasteiger charge is -2.33. The number of aromatic nitrogens is 1. The summed E-state index contributed by atoms with van der Waals surface area (Å²) in [6.07, 6.45) is 0. The second-order valence-electron chi connectivity index (χ2n) is 11.1. The summed E-state index contributed by atoms with van der Waals surface area (Å²) in [5.41, 5.74) is 5.75. The zero-order valence-electron chi connectivity index (χ0n) is 24.3. The van der Waals surface area contributed by atoms with Crippen LogP contribution in [0.15, 0.2) is 126 Å². The molecule has 210 valence electrons. The summed E-state index contributed by atoms with van der Waals surface area (Å²) in [4.78, 5) is 23.0. The molecule has 0 aliphatic heterocycles. The van der Waals surface area contributed by atoms with Gasteiger partial charge in [0.15, 0.2) is 0 Å². The Hall–Kier alpha value is -4.74. The highest BCUT2D eigenvalue weighted by molar-refractivity contribution is 5.85. The van der Waals surface area contributed by atoms with Gasteiger partial charge in [0.1, 0.15) is 11.3 Å². The third-order valence-electron chi connectivity index (χ3n) is 7.91. The van der Waals surface area contributed by atoms with Crippen molar-refractivity contribution in [3.8, 4) is 11.3 Å². The maximum Gasteiger partial charge on any atom is 0.236 e. The molecule has 0 saturated heterocycles. The smallest absolute Gasteiger partial charge is 0.236 e. The average Bonchev–Trinajstić information content (AvgIpc) is 3.45. The molecule has 0 fully saturated rings. The van der Waals surface area contributed by atoms with Crippen molar-refractivity contribution in [3.63, 3.8) is 0 Å². The Morgan fingerprint density at radius 2 is 1.43 bits per heavy atom. The van der Waals surface area contributed by atoms with Crippen LogP contribution in [-0.2, 0) is 11.3 Å². The second kappa shape index (κ2) is 12.0. The van der Waals surface area contributed by atoms with Gasteiger partial charge in [-0.25, -0.2) is 4.98 Å². The minimum absolute atomic E-state index is 0.0528. The molecule has 6 aromatic rings. The van der Waals surface area contributed by atoms with E-state index in [0.717, 1.165) is 50.0 Å². The van der Waals surface area contributed by atoms with Crippen molar-refractivity contribution >= 4 is 27.8 Å². The molecule has 0 radical (unpaired) electrons. The number of furan rings is 1. The molecular weight excluding hydrogens is 518 g/mol. The van der Waals surface area contributed by atoms with Crippen LogP contribution in [-0.4, -0.2) is 40.3 Å². The van der Waals surface area contributed by atoms with Gasteiger partial charge in [0.25, 0.3) is 0 Å². The van der Waals surface area contributed by atoms with E-state index in [9.17, 15) is 4.79 Å². The van der Waals surface area contributed by atoms with Crippen molar-refractivity contribution in [2.45, 2.75) is 32.5 Å². The number of hydrogen-bond acceptors (Lipinski definition) is 4. The van der Waals surface area contributed by atoms with Crippen molar-refractivity contribution in [1.29, 1.82) is 0 Å². The third-order valence-corrected chi connectivity index (χ3v) is 7.91. The number of rotatable bonds is 9. The summed E-state index contributed by atoms with van der Waals surface area (Å²) in [6.45, 7) is 4.85. The van der Waals surface area contributed by atoms with Crippen molar-refractivity contribution in [2.24, 2.45) is 0 Å². The topological polar surface area (TPSA) is 49.6 Å². The molecule has 0 spiro atoms. The number of para-hydroxylation sites is 2. The lowest BCUT2D eigenvalue weighted by atomic mass is 9.94. The van der Waals surface area contributed by atoms with E-state index in [-0.39, 0.29) is 24.5 Å². The highest BCUT2D eigenvalue weighted by Gasteiger charge is 2.32. The van der Waals surface area contributed by atoms with E-state index in [0.29, 0.717) is 6.54 Å². The molecule has 1 atom stereocenters. The van der Waals surface area contributed by atoms with Gasteiger partial charge < -0.3 is 9.32 Å². The fraction of sp³-hybridized carbons (Fsp3) is 0.189. The Kier molecular flexibility index (Phi) is 7.85. The van der Waals surface area contributed by atoms with Crippen LogP contribution < -0.4 is 0 Å². The molecule has 2 aromatic heterocycles. The van der Waals surface area contributed by atoms with Gasteiger partial charge in [-0.15, -0.1) is 0 Å². The van der Waals surface area contributed by atoms with E-state index in [1.54, 1.807) is 0 Å². The molecule has 0 aliphatic carbocycles. The number of benzene rings is 4. The van der Waals surface area contributed by atoms with Gasteiger partial charge in [0.05, 0.1) is 23.8 Å². The molecule has 0 bridgehead atoms. The highest BCUT2D eigenvalue weighted by atomic mass is 16.3. The van der Waals surface area contributed by atoms with Crippen molar-refractivity contribution in [3.05, 3.63) is 138 Å². The Morgan fingerprint density at radius 1 is 0.786 bits per heavy atom. The Balaban J connectivity index is 1.60. The van der Waals surface area contributed by atoms with Crippen LogP contribution in [0.1, 0.15) is 36.8 Å². The first kappa shape index (κ1) is 27.4. The molecule has 0 N–H and O–H groups in total. The molecule has 6 rings (SSSR count). The summed E-state index contributed by atoms with van der Waals surface area (Å²) in [5, 5.41) is 2.07. The standard InChI is InChI=1S/C37H35N3O2/c1-26(2)39(3)35(41)25-40(24-27-14-6-4-7-15-27)37(34-23-30-19-11-13-21-33(30)42-34)31-22-29-18-10-12-20-32(29)38-36(31)28-16-8-5-9-17-28/h4-23,26,37H,24-25H2,1-3H3. The van der Waals surface area contributed by atoms with Crippen LogP contribution in [0.4, 0.5) is 0 Å². The fourth-order valence-electron chi connectivity index (χ4n) is 5.46. The van der Waals surface area contributed by atoms with Crippen molar-refractivity contribution < 1.29 is 9.21 Å². The minimum atomic E-state index is -0.380. The molecule has 42 heavy (non-hydrogen) atoms. The minimum Gasteiger partial charge on any atom is -0.459 e. The summed E-state index contributed by atoms with van der Waals surface area (Å²) >= 11 is 0. The number of likely N-dealkylation sites (N-methyl/N-ethyl adjacent to an activating group) is 1. The summed E-state index contributed by atoms with van der Waals surface area (Å²) in [6, 6.07) is 40.9. The van der Waals surface area contributed by atoms with Crippen LogP contribution >= 0.6 is 0 Å². The van der Waals surface area contributed by atoms with Gasteiger partial charge >= 0.3 is 0 Å². The van der Waals surface area contributed by atoms with E-state index in [1.807, 2.05) is 98.6 Å². The van der Waals surface area contributed by atoms with Crippen molar-refractivity contribution in [2.75, 3.05) is 13.6 Å². The Morgan fingerprint density at radius 3 is 2.14 bits per heavy atom. The normalized spacial score (nSPS) is 12.3. The van der Waals surface area contributed by atoms with Crippen LogP contribution in [0.5, 0.6) is 0 Å². The van der Waals surface area contributed by atoms with Crippen LogP contribution in [0, 0.1) is 0 Å². The number of fused-ring (bicyclic) bond motifs is 2. The number of amides is 1. The van der Waals surface area contributed by atoms with Gasteiger partial charge in [-0.1, -0.05) is 97.1 Å². The lowest BCUT2D eigenvalue weighted by molar-refractivity contribution is -0.133. The van der Waals surface area contributed by atoms with Gasteiger partial charge in [-0.2, -0.15) is 0 Å². The predicted octanol–water partition coefficient (Wildman–Crippen LogP) is 8.11. The number of hydrogen-bond donors (Lipinski definition) is 0. The number of carbonyl (C=O) groups is 1. The van der Waals surface area contributed by atoms with E-state index in [2.05, 4.69) is 53.4 Å². The zero-order chi connectivity index (χ0) is 29.1. The van der Waals surface area contributed by atoms with Gasteiger partial charge in [-0.05, 0) is 43.7 Å². The summed E-state index contributed by atoms with van der Waals surface area (Å²) < 4.78 is 6.60. The van der Waals surface area contributed by atoms with Gasteiger partial charge in [0.2, 0.25) is 5.91 Å². The van der Waals surface area contributed by atoms with E-state index < -0.39 is 0 Å². The number of pyridine rings is 1. The summed E-state index contributed by atoms with van der Waals surface area (Å²) in [5.74, 6) is 0.832. The molecule has 4 aromatic carbocycles. The number of carbonyl (C=O) groups excluding carboxylic acids is 1. The zero-order valence-corrected chi connectivity index (χ0v) is 24.3. The lowest BCUT2D eigenvalue weighted by Crippen LogP contribution is -2.42. The average molecular weight is 554 g/mol. The molecule has 0 saturated carbocycles. The highest BCUT2D eigenvalue weighted by Crippen LogP contribution is 2.39. The van der Waals surface area contributed by atoms with Gasteiger partial charge in [0, 0.05) is 41.5 Å². The first-order valence-electron chi connectivity index (χ1n) is 14.4. The number of nitrogens with zero attached hydrogens (tertiary/aromatic N) is 3. The van der Waals surface area contributed by atoms with Crippen LogP contribution in [0.2, 0.25) is 0 Å². The molecule has 5 nitrogen and oxygen atoms in total. The van der Waals surface area contributed by atoms with E-state index >= 15 is 0 Å². The molecule has 1 unspecified atom stereocenters. The predicted molar refractivity (Wildman–Crippen MR) is 170 cm³/mol. The first-order chi connectivity index (χ1) is 20.5. The second-order valence-corrected chi connectivity index (χ2v) is 11.1. The molecular formula is C37H35N3O2.